The number of rotatable bonds is 16. The normalized spacial score (nSPS) is 16.4. The number of piperidine rings is 2. The van der Waals surface area contributed by atoms with Crippen LogP contribution < -0.4 is 27.0 Å². The molecule has 3 amide bonds. The van der Waals surface area contributed by atoms with Gasteiger partial charge in [0.1, 0.15) is 11.5 Å². The van der Waals surface area contributed by atoms with Gasteiger partial charge >= 0.3 is 0 Å². The summed E-state index contributed by atoms with van der Waals surface area (Å²) in [5, 5.41) is 13.2. The summed E-state index contributed by atoms with van der Waals surface area (Å²) in [7, 11) is -7.53. The molecule has 22 heteroatoms. The highest BCUT2D eigenvalue weighted by molar-refractivity contribution is 8.19. The Morgan fingerprint density at radius 1 is 0.542 bits per heavy atom. The van der Waals surface area contributed by atoms with Crippen molar-refractivity contribution >= 4 is 95.9 Å². The van der Waals surface area contributed by atoms with Gasteiger partial charge in [-0.05, 0) is 140 Å². The summed E-state index contributed by atoms with van der Waals surface area (Å²) in [6.07, 6.45) is 2.64. The van der Waals surface area contributed by atoms with E-state index in [9.17, 15) is 31.2 Å². The molecule has 3 aliphatic rings. The van der Waals surface area contributed by atoms with E-state index >= 15 is 0 Å². The number of thioether (sulfide) groups is 2. The average molecular weight is 1100 g/mol. The molecule has 0 atom stereocenters. The zero-order valence-electron chi connectivity index (χ0n) is 38.8. The number of carbonyl (C=O) groups is 3. The van der Waals surface area contributed by atoms with E-state index in [4.69, 9.17) is 37.8 Å². The highest BCUT2D eigenvalue weighted by Crippen LogP contribution is 2.45. The van der Waals surface area contributed by atoms with Gasteiger partial charge in [0.2, 0.25) is 16.1 Å². The van der Waals surface area contributed by atoms with Crippen molar-refractivity contribution < 1.29 is 40.1 Å². The highest BCUT2D eigenvalue weighted by atomic mass is 35.5. The molecule has 3 fully saturated rings. The van der Waals surface area contributed by atoms with E-state index in [1.807, 2.05) is 23.5 Å². The van der Waals surface area contributed by atoms with E-state index in [2.05, 4.69) is 45.5 Å². The van der Waals surface area contributed by atoms with Gasteiger partial charge in [0.25, 0.3) is 31.9 Å². The molecule has 72 heavy (non-hydrogen) atoms. The summed E-state index contributed by atoms with van der Waals surface area (Å²) in [6, 6.07) is 34.7. The minimum absolute atomic E-state index is 0.0531. The molecule has 0 saturated carbocycles. The second kappa shape index (κ2) is 24.1. The molecular weight excluding hydrogens is 1040 g/mol. The smallest absolute Gasteiger partial charge is 0.276 e. The van der Waals surface area contributed by atoms with Crippen LogP contribution in [0.25, 0.3) is 0 Å². The van der Waals surface area contributed by atoms with E-state index in [0.717, 1.165) is 11.4 Å². The zero-order valence-corrected chi connectivity index (χ0v) is 43.6. The molecular formula is C50H53Cl2N7O9S4. The lowest BCUT2D eigenvalue weighted by Crippen LogP contribution is -2.42. The Kier molecular flexibility index (Phi) is 17.7. The fourth-order valence-corrected chi connectivity index (χ4v) is 14.1. The summed E-state index contributed by atoms with van der Waals surface area (Å²) < 4.78 is 66.9. The first-order chi connectivity index (χ1) is 34.6. The van der Waals surface area contributed by atoms with Gasteiger partial charge in [-0.3, -0.25) is 14.4 Å². The first kappa shape index (κ1) is 52.9. The largest absolute Gasteiger partial charge is 0.446 e. The summed E-state index contributed by atoms with van der Waals surface area (Å²) in [6.45, 7) is 1.64. The second-order valence-electron chi connectivity index (χ2n) is 17.1. The second-order valence-corrected chi connectivity index (χ2v) is 24.4. The van der Waals surface area contributed by atoms with Crippen LogP contribution in [0.4, 0.5) is 11.4 Å². The Labute approximate surface area is 437 Å². The first-order valence-corrected chi connectivity index (χ1v) is 28.9. The molecule has 0 aliphatic carbocycles. The molecule has 6 aromatic rings. The first-order valence-electron chi connectivity index (χ1n) is 23.1. The SMILES string of the molecule is NC(=O)c1ccc(NC2CCN(S(=O)(=O)c3ccc(CNC(=O)c4ccc(Cl)cc4)o3)CC2)cc1.O=C(NCc1ccc(S(=O)(=O)N2CCC(Nc3ccc(C4SCCS4)cc3)CC2)o1)c1ccc(Cl)cc1. The fraction of sp³-hybridized carbons (Fsp3) is 0.300. The third-order valence-electron chi connectivity index (χ3n) is 12.1. The summed E-state index contributed by atoms with van der Waals surface area (Å²) in [4.78, 5) is 35.7. The number of nitrogens with one attached hydrogen (secondary N) is 4. The number of nitrogens with two attached hydrogens (primary N) is 1. The van der Waals surface area contributed by atoms with Crippen molar-refractivity contribution in [3.63, 3.8) is 0 Å². The number of sulfonamides is 2. The zero-order chi connectivity index (χ0) is 50.8. The van der Waals surface area contributed by atoms with Gasteiger partial charge in [-0.15, -0.1) is 23.5 Å². The number of nitrogens with zero attached hydrogens (tertiary/aromatic N) is 2. The van der Waals surface area contributed by atoms with Crippen LogP contribution in [0.3, 0.4) is 0 Å². The maximum absolute atomic E-state index is 13.1. The van der Waals surface area contributed by atoms with Gasteiger partial charge in [0.05, 0.1) is 17.7 Å². The van der Waals surface area contributed by atoms with Gasteiger partial charge < -0.3 is 35.8 Å². The van der Waals surface area contributed by atoms with Crippen molar-refractivity contribution in [1.82, 2.24) is 19.2 Å². The number of hydrogen-bond donors (Lipinski definition) is 5. The van der Waals surface area contributed by atoms with E-state index in [0.29, 0.717) is 94.7 Å². The molecule has 0 radical (unpaired) electrons. The van der Waals surface area contributed by atoms with Gasteiger partial charge in [-0.1, -0.05) is 35.3 Å². The Morgan fingerprint density at radius 2 is 0.917 bits per heavy atom. The number of carbonyl (C=O) groups excluding carboxylic acids is 3. The van der Waals surface area contributed by atoms with Crippen LogP contribution in [0.2, 0.25) is 10.0 Å². The Morgan fingerprint density at radius 3 is 1.31 bits per heavy atom. The summed E-state index contributed by atoms with van der Waals surface area (Å²) in [5.41, 5.74) is 9.84. The van der Waals surface area contributed by atoms with Crippen molar-refractivity contribution in [3.05, 3.63) is 165 Å². The lowest BCUT2D eigenvalue weighted by atomic mass is 10.1. The third-order valence-corrected chi connectivity index (χ3v) is 19.3. The molecule has 3 aliphatic heterocycles. The number of benzene rings is 4. The molecule has 3 saturated heterocycles. The van der Waals surface area contributed by atoms with E-state index in [1.54, 1.807) is 84.9 Å². The maximum atomic E-state index is 13.1. The molecule has 4 aromatic carbocycles. The molecule has 9 rings (SSSR count). The molecule has 0 unspecified atom stereocenters. The number of hydrogen-bond acceptors (Lipinski definition) is 13. The van der Waals surface area contributed by atoms with Gasteiger partial charge in [-0.2, -0.15) is 8.61 Å². The van der Waals surface area contributed by atoms with Crippen molar-refractivity contribution in [1.29, 1.82) is 0 Å². The van der Waals surface area contributed by atoms with Gasteiger partial charge in [0, 0.05) is 87.9 Å². The van der Waals surface area contributed by atoms with Crippen molar-refractivity contribution in [3.8, 4) is 0 Å². The monoisotopic (exact) mass is 1090 g/mol. The Balaban J connectivity index is 0.000000193. The van der Waals surface area contributed by atoms with Crippen molar-refractivity contribution in [2.75, 3.05) is 48.3 Å². The Bertz CT molecular complexity index is 3030. The van der Waals surface area contributed by atoms with Crippen molar-refractivity contribution in [2.45, 2.75) is 65.6 Å². The third kappa shape index (κ3) is 13.8. The molecule has 6 N–H and O–H groups in total. The number of amides is 3. The van der Waals surface area contributed by atoms with E-state index in [1.165, 1.54) is 37.8 Å². The van der Waals surface area contributed by atoms with Crippen LogP contribution >= 0.6 is 46.7 Å². The van der Waals surface area contributed by atoms with Crippen LogP contribution in [-0.4, -0.2) is 92.9 Å². The predicted molar refractivity (Wildman–Crippen MR) is 283 cm³/mol. The molecule has 0 spiro atoms. The molecule has 2 aromatic heterocycles. The Hall–Kier alpha value is -5.45. The predicted octanol–water partition coefficient (Wildman–Crippen LogP) is 8.83. The summed E-state index contributed by atoms with van der Waals surface area (Å²) in [5.74, 6) is 2.02. The molecule has 380 valence electrons. The van der Waals surface area contributed by atoms with Crippen LogP contribution in [0.5, 0.6) is 0 Å². The average Bonchev–Trinajstić information content (AvgIpc) is 4.21. The van der Waals surface area contributed by atoms with E-state index < -0.39 is 26.0 Å². The van der Waals surface area contributed by atoms with Crippen LogP contribution in [0, 0.1) is 0 Å². The topological polar surface area (TPSA) is 226 Å². The minimum Gasteiger partial charge on any atom is -0.446 e. The minimum atomic E-state index is -3.79. The lowest BCUT2D eigenvalue weighted by Gasteiger charge is -2.31. The molecule has 16 nitrogen and oxygen atoms in total. The van der Waals surface area contributed by atoms with Crippen LogP contribution in [0.15, 0.2) is 140 Å². The van der Waals surface area contributed by atoms with Gasteiger partial charge in [0.15, 0.2) is 0 Å². The van der Waals surface area contributed by atoms with Crippen molar-refractivity contribution in [2.24, 2.45) is 5.73 Å². The summed E-state index contributed by atoms with van der Waals surface area (Å²) >= 11 is 15.7. The standard InChI is InChI=1S/C26H28ClN3O4S3.C24H25ClN4O5S/c27-20-5-1-18(2-6-20)25(31)28-17-23-9-10-24(34-23)37(32,33)30-13-11-22(12-14-30)29-21-7-3-19(4-8-21)26-35-15-16-36-26;25-18-5-1-17(2-6-18)24(31)27-15-21-9-10-22(34-21)35(32,33)29-13-11-20(12-14-29)28-19-7-3-16(4-8-19)23(26)30/h1-10,22,26,29H,11-17H2,(H,28,31);1-10,20,28H,11-15H2,(H2,26,30)(H,27,31). The number of anilines is 2. The fourth-order valence-electron chi connectivity index (χ4n) is 8.15. The lowest BCUT2D eigenvalue weighted by molar-refractivity contribution is 0.0939. The quantitative estimate of drug-likeness (QED) is 0.0611. The van der Waals surface area contributed by atoms with Gasteiger partial charge in [-0.25, -0.2) is 16.8 Å². The van der Waals surface area contributed by atoms with Crippen LogP contribution in [0.1, 0.15) is 78.4 Å². The van der Waals surface area contributed by atoms with E-state index in [-0.39, 0.29) is 47.2 Å². The van der Waals surface area contributed by atoms with Crippen LogP contribution in [-0.2, 0) is 33.1 Å². The number of halogens is 2. The number of furan rings is 2. The maximum Gasteiger partial charge on any atom is 0.276 e. The highest BCUT2D eigenvalue weighted by Gasteiger charge is 2.33. The number of primary amides is 1. The molecule has 0 bridgehead atoms. The molecule has 5 heterocycles.